The highest BCUT2D eigenvalue weighted by Gasteiger charge is 2.44. The highest BCUT2D eigenvalue weighted by atomic mass is 35.5. The van der Waals surface area contributed by atoms with Gasteiger partial charge in [0.15, 0.2) is 0 Å². The summed E-state index contributed by atoms with van der Waals surface area (Å²) in [6, 6.07) is 2.93. The van der Waals surface area contributed by atoms with Gasteiger partial charge in [0.1, 0.15) is 16.7 Å². The Balaban J connectivity index is 1.45. The smallest absolute Gasteiger partial charge is 0.145 e. The highest BCUT2D eigenvalue weighted by Crippen LogP contribution is 2.55. The topological polar surface area (TPSA) is 0 Å². The SMILES string of the molecule is CC=CC1CCC2C(CCC3CC(c4cc(F)c(Cl)c(F)c4)CCC32)C1. The molecule has 6 atom stereocenters. The summed E-state index contributed by atoms with van der Waals surface area (Å²) in [5.41, 5.74) is 0.807. The van der Waals surface area contributed by atoms with Crippen molar-refractivity contribution in [2.45, 2.75) is 64.2 Å². The van der Waals surface area contributed by atoms with E-state index in [0.717, 1.165) is 48.0 Å². The first-order valence-electron chi connectivity index (χ1n) is 10.3. The maximum Gasteiger partial charge on any atom is 0.145 e. The van der Waals surface area contributed by atoms with Crippen LogP contribution in [0, 0.1) is 41.2 Å². The predicted molar refractivity (Wildman–Crippen MR) is 103 cm³/mol. The third-order valence-electron chi connectivity index (χ3n) is 7.52. The number of halogens is 3. The van der Waals surface area contributed by atoms with Gasteiger partial charge in [-0.25, -0.2) is 8.78 Å². The Kier molecular flexibility index (Phi) is 5.41. The molecule has 3 aliphatic carbocycles. The van der Waals surface area contributed by atoms with E-state index in [1.165, 1.54) is 50.7 Å². The fourth-order valence-corrected chi connectivity index (χ4v) is 6.50. The average Bonchev–Trinajstić information content (AvgIpc) is 2.65. The van der Waals surface area contributed by atoms with Gasteiger partial charge in [0, 0.05) is 0 Å². The molecule has 4 rings (SSSR count). The summed E-state index contributed by atoms with van der Waals surface area (Å²) in [7, 11) is 0. The normalized spacial score (nSPS) is 37.4. The van der Waals surface area contributed by atoms with E-state index in [-0.39, 0.29) is 10.9 Å². The molecular weight excluding hydrogens is 350 g/mol. The van der Waals surface area contributed by atoms with Crippen LogP contribution >= 0.6 is 11.6 Å². The second-order valence-corrected chi connectivity index (χ2v) is 9.21. The molecule has 0 bridgehead atoms. The van der Waals surface area contributed by atoms with Crippen molar-refractivity contribution in [3.8, 4) is 0 Å². The predicted octanol–water partition coefficient (Wildman–Crippen LogP) is 7.52. The van der Waals surface area contributed by atoms with Crippen LogP contribution in [0.3, 0.4) is 0 Å². The Morgan fingerprint density at radius 3 is 2.15 bits per heavy atom. The van der Waals surface area contributed by atoms with Gasteiger partial charge in [-0.1, -0.05) is 23.8 Å². The molecule has 6 unspecified atom stereocenters. The Hall–Kier alpha value is -0.890. The number of allylic oxidation sites excluding steroid dienone is 2. The average molecular weight is 379 g/mol. The lowest BCUT2D eigenvalue weighted by atomic mass is 9.55. The fraction of sp³-hybridized carbons (Fsp3) is 0.652. The first-order valence-corrected chi connectivity index (χ1v) is 10.7. The van der Waals surface area contributed by atoms with Gasteiger partial charge in [-0.2, -0.15) is 0 Å². The van der Waals surface area contributed by atoms with Crippen molar-refractivity contribution in [1.82, 2.24) is 0 Å². The Morgan fingerprint density at radius 1 is 0.885 bits per heavy atom. The van der Waals surface area contributed by atoms with Gasteiger partial charge in [-0.3, -0.25) is 0 Å². The molecule has 142 valence electrons. The maximum absolute atomic E-state index is 13.9. The first-order chi connectivity index (χ1) is 12.6. The van der Waals surface area contributed by atoms with Crippen molar-refractivity contribution in [1.29, 1.82) is 0 Å². The van der Waals surface area contributed by atoms with E-state index in [4.69, 9.17) is 11.6 Å². The van der Waals surface area contributed by atoms with Crippen molar-refractivity contribution < 1.29 is 8.78 Å². The number of rotatable bonds is 2. The molecule has 0 heterocycles. The number of benzene rings is 1. The van der Waals surface area contributed by atoms with Crippen LogP contribution in [0.25, 0.3) is 0 Å². The van der Waals surface area contributed by atoms with Crippen LogP contribution in [-0.4, -0.2) is 0 Å². The Labute approximate surface area is 161 Å². The minimum Gasteiger partial charge on any atom is -0.205 e. The Bertz CT molecular complexity index is 660. The molecule has 3 fully saturated rings. The van der Waals surface area contributed by atoms with E-state index in [1.54, 1.807) is 0 Å². The van der Waals surface area contributed by atoms with Crippen LogP contribution in [0.2, 0.25) is 5.02 Å². The summed E-state index contributed by atoms with van der Waals surface area (Å²) in [6.45, 7) is 2.13. The van der Waals surface area contributed by atoms with Gasteiger partial charge in [0.05, 0.1) is 0 Å². The molecule has 0 spiro atoms. The summed E-state index contributed by atoms with van der Waals surface area (Å²) in [4.78, 5) is 0. The molecule has 0 N–H and O–H groups in total. The molecule has 0 nitrogen and oxygen atoms in total. The summed E-state index contributed by atoms with van der Waals surface area (Å²) >= 11 is 5.65. The maximum atomic E-state index is 13.9. The van der Waals surface area contributed by atoms with E-state index in [2.05, 4.69) is 19.1 Å². The number of hydrogen-bond donors (Lipinski definition) is 0. The minimum absolute atomic E-state index is 0.286. The Morgan fingerprint density at radius 2 is 1.50 bits per heavy atom. The lowest BCUT2D eigenvalue weighted by Crippen LogP contribution is -2.41. The second kappa shape index (κ2) is 7.62. The van der Waals surface area contributed by atoms with Gasteiger partial charge in [0.2, 0.25) is 0 Å². The van der Waals surface area contributed by atoms with Crippen LogP contribution in [0.4, 0.5) is 8.78 Å². The third-order valence-corrected chi connectivity index (χ3v) is 7.88. The molecule has 26 heavy (non-hydrogen) atoms. The van der Waals surface area contributed by atoms with Crippen molar-refractivity contribution in [2.24, 2.45) is 29.6 Å². The van der Waals surface area contributed by atoms with E-state index in [1.807, 2.05) is 0 Å². The van der Waals surface area contributed by atoms with Gasteiger partial charge in [0.25, 0.3) is 0 Å². The van der Waals surface area contributed by atoms with Crippen LogP contribution < -0.4 is 0 Å². The van der Waals surface area contributed by atoms with Gasteiger partial charge in [-0.15, -0.1) is 0 Å². The van der Waals surface area contributed by atoms with Crippen molar-refractivity contribution >= 4 is 11.6 Å². The molecule has 3 heteroatoms. The minimum atomic E-state index is -0.616. The lowest BCUT2D eigenvalue weighted by Gasteiger charge is -2.50. The van der Waals surface area contributed by atoms with E-state index < -0.39 is 11.6 Å². The largest absolute Gasteiger partial charge is 0.205 e. The van der Waals surface area contributed by atoms with E-state index in [9.17, 15) is 8.78 Å². The third kappa shape index (κ3) is 3.46. The molecule has 0 aromatic heterocycles. The van der Waals surface area contributed by atoms with Crippen LogP contribution in [0.5, 0.6) is 0 Å². The van der Waals surface area contributed by atoms with Crippen LogP contribution in [0.15, 0.2) is 24.3 Å². The van der Waals surface area contributed by atoms with Crippen LogP contribution in [0.1, 0.15) is 69.8 Å². The molecule has 1 aromatic carbocycles. The second-order valence-electron chi connectivity index (χ2n) is 8.83. The lowest BCUT2D eigenvalue weighted by molar-refractivity contribution is 0.0127. The molecule has 0 aliphatic heterocycles. The van der Waals surface area contributed by atoms with Crippen molar-refractivity contribution in [3.05, 3.63) is 46.5 Å². The zero-order valence-electron chi connectivity index (χ0n) is 15.6. The summed E-state index contributed by atoms with van der Waals surface area (Å²) in [5.74, 6) is 3.18. The fourth-order valence-electron chi connectivity index (χ4n) is 6.39. The first kappa shape index (κ1) is 18.5. The highest BCUT2D eigenvalue weighted by molar-refractivity contribution is 6.30. The molecule has 0 amide bonds. The zero-order valence-corrected chi connectivity index (χ0v) is 16.3. The molecule has 1 aromatic rings. The van der Waals surface area contributed by atoms with Crippen molar-refractivity contribution in [3.63, 3.8) is 0 Å². The number of fused-ring (bicyclic) bond motifs is 3. The molecular formula is C23H29ClF2. The molecule has 0 saturated heterocycles. The molecule has 0 radical (unpaired) electrons. The summed E-state index contributed by atoms with van der Waals surface area (Å²) < 4.78 is 27.7. The van der Waals surface area contributed by atoms with Crippen LogP contribution in [-0.2, 0) is 0 Å². The number of hydrogen-bond acceptors (Lipinski definition) is 0. The quantitative estimate of drug-likeness (QED) is 0.368. The van der Waals surface area contributed by atoms with E-state index >= 15 is 0 Å². The van der Waals surface area contributed by atoms with Gasteiger partial charge in [-0.05, 0) is 111 Å². The standard InChI is InChI=1S/C23H29ClF2/c1-2-3-14-4-8-19-16(10-14)5-6-17-11-15(7-9-20(17)19)18-12-21(25)23(24)22(26)13-18/h2-3,12-17,19-20H,4-11H2,1H3. The molecule has 3 saturated carbocycles. The summed E-state index contributed by atoms with van der Waals surface area (Å²) in [6.07, 6.45) is 14.7. The van der Waals surface area contributed by atoms with Crippen molar-refractivity contribution in [2.75, 3.05) is 0 Å². The van der Waals surface area contributed by atoms with Gasteiger partial charge >= 0.3 is 0 Å². The molecule has 3 aliphatic rings. The van der Waals surface area contributed by atoms with E-state index in [0.29, 0.717) is 0 Å². The van der Waals surface area contributed by atoms with Gasteiger partial charge < -0.3 is 0 Å². The zero-order chi connectivity index (χ0) is 18.3. The monoisotopic (exact) mass is 378 g/mol. The summed E-state index contributed by atoms with van der Waals surface area (Å²) in [5, 5.41) is -0.374.